The van der Waals surface area contributed by atoms with Crippen molar-refractivity contribution >= 4 is 17.1 Å². The summed E-state index contributed by atoms with van der Waals surface area (Å²) < 4.78 is 0. The number of carbonyl (C=O) groups excluding carboxylic acids is 1. The number of fused-ring (bicyclic) bond motifs is 1. The molecule has 2 rings (SSSR count). The zero-order valence-electron chi connectivity index (χ0n) is 7.40. The van der Waals surface area contributed by atoms with Crippen LogP contribution in [0.15, 0.2) is 36.4 Å². The van der Waals surface area contributed by atoms with Crippen LogP contribution in [0.2, 0.25) is 0 Å². The van der Waals surface area contributed by atoms with E-state index >= 15 is 0 Å². The second kappa shape index (κ2) is 3.31. The SMILES string of the molecule is N#Cc1ccc2ccc(C=O)cc2c1. The van der Waals surface area contributed by atoms with Crippen molar-refractivity contribution < 1.29 is 4.79 Å². The van der Waals surface area contributed by atoms with Gasteiger partial charge in [0.25, 0.3) is 0 Å². The van der Waals surface area contributed by atoms with Gasteiger partial charge >= 0.3 is 0 Å². The molecule has 0 radical (unpaired) electrons. The molecule has 0 spiro atoms. The van der Waals surface area contributed by atoms with Crippen LogP contribution in [0, 0.1) is 11.3 Å². The third-order valence-corrected chi connectivity index (χ3v) is 2.13. The van der Waals surface area contributed by atoms with Gasteiger partial charge in [-0.25, -0.2) is 0 Å². The summed E-state index contributed by atoms with van der Waals surface area (Å²) in [4.78, 5) is 10.5. The number of carbonyl (C=O) groups is 1. The highest BCUT2D eigenvalue weighted by Crippen LogP contribution is 2.16. The van der Waals surface area contributed by atoms with E-state index in [1.807, 2.05) is 12.1 Å². The Kier molecular flexibility index (Phi) is 2.00. The summed E-state index contributed by atoms with van der Waals surface area (Å²) in [6.45, 7) is 0. The molecule has 0 aliphatic carbocycles. The first-order valence-electron chi connectivity index (χ1n) is 4.22. The summed E-state index contributed by atoms with van der Waals surface area (Å²) >= 11 is 0. The molecule has 0 heterocycles. The first kappa shape index (κ1) is 8.46. The molecule has 66 valence electrons. The van der Waals surface area contributed by atoms with E-state index in [4.69, 9.17) is 5.26 Å². The van der Waals surface area contributed by atoms with Crippen LogP contribution in [0.1, 0.15) is 15.9 Å². The van der Waals surface area contributed by atoms with Crippen molar-refractivity contribution in [1.82, 2.24) is 0 Å². The Morgan fingerprint density at radius 2 is 1.86 bits per heavy atom. The summed E-state index contributed by atoms with van der Waals surface area (Å²) in [5.74, 6) is 0. The van der Waals surface area contributed by atoms with Gasteiger partial charge in [0.2, 0.25) is 0 Å². The molecule has 0 aliphatic heterocycles. The number of rotatable bonds is 1. The van der Waals surface area contributed by atoms with E-state index in [2.05, 4.69) is 6.07 Å². The summed E-state index contributed by atoms with van der Waals surface area (Å²) in [6, 6.07) is 12.9. The maximum Gasteiger partial charge on any atom is 0.150 e. The molecule has 0 saturated carbocycles. The van der Waals surface area contributed by atoms with Gasteiger partial charge in [0.15, 0.2) is 0 Å². The molecule has 0 N–H and O–H groups in total. The van der Waals surface area contributed by atoms with E-state index in [1.54, 1.807) is 24.3 Å². The van der Waals surface area contributed by atoms with Crippen LogP contribution in [0.3, 0.4) is 0 Å². The second-order valence-electron chi connectivity index (χ2n) is 3.05. The van der Waals surface area contributed by atoms with Crippen LogP contribution in [-0.2, 0) is 0 Å². The average molecular weight is 181 g/mol. The summed E-state index contributed by atoms with van der Waals surface area (Å²) in [5, 5.41) is 10.7. The average Bonchev–Trinajstić information content (AvgIpc) is 2.27. The first-order chi connectivity index (χ1) is 6.83. The highest BCUT2D eigenvalue weighted by atomic mass is 16.1. The molecule has 0 amide bonds. The fraction of sp³-hybridized carbons (Fsp3) is 0. The lowest BCUT2D eigenvalue weighted by atomic mass is 10.1. The van der Waals surface area contributed by atoms with Gasteiger partial charge in [-0.15, -0.1) is 0 Å². The Morgan fingerprint density at radius 3 is 2.57 bits per heavy atom. The van der Waals surface area contributed by atoms with Crippen molar-refractivity contribution in [2.24, 2.45) is 0 Å². The molecule has 0 aliphatic rings. The maximum absolute atomic E-state index is 10.5. The predicted molar refractivity (Wildman–Crippen MR) is 54.1 cm³/mol. The Bertz CT molecular complexity index is 538. The van der Waals surface area contributed by atoms with Crippen molar-refractivity contribution in [1.29, 1.82) is 5.26 Å². The molecule has 2 heteroatoms. The third kappa shape index (κ3) is 1.36. The van der Waals surface area contributed by atoms with Gasteiger partial charge in [-0.1, -0.05) is 18.2 Å². The standard InChI is InChI=1S/C12H7NO/c13-7-9-1-3-11-4-2-10(8-14)6-12(11)5-9/h1-6,8H. The monoisotopic (exact) mass is 181 g/mol. The molecule has 0 bridgehead atoms. The second-order valence-corrected chi connectivity index (χ2v) is 3.05. The molecule has 2 nitrogen and oxygen atoms in total. The lowest BCUT2D eigenvalue weighted by Crippen LogP contribution is -1.81. The van der Waals surface area contributed by atoms with Crippen molar-refractivity contribution in [3.8, 4) is 6.07 Å². The molecule has 2 aromatic carbocycles. The fourth-order valence-electron chi connectivity index (χ4n) is 1.41. The molecule has 0 unspecified atom stereocenters. The van der Waals surface area contributed by atoms with E-state index < -0.39 is 0 Å². The Hall–Kier alpha value is -2.14. The molecular formula is C12H7NO. The van der Waals surface area contributed by atoms with Gasteiger partial charge in [-0.2, -0.15) is 5.26 Å². The quantitative estimate of drug-likeness (QED) is 0.634. The van der Waals surface area contributed by atoms with Crippen LogP contribution in [0.4, 0.5) is 0 Å². The molecule has 2 aromatic rings. The van der Waals surface area contributed by atoms with Crippen molar-refractivity contribution in [2.75, 3.05) is 0 Å². The van der Waals surface area contributed by atoms with Gasteiger partial charge in [-0.05, 0) is 29.0 Å². The van der Waals surface area contributed by atoms with Crippen LogP contribution >= 0.6 is 0 Å². The number of hydrogen-bond acceptors (Lipinski definition) is 2. The molecular weight excluding hydrogens is 174 g/mol. The zero-order valence-corrected chi connectivity index (χ0v) is 7.40. The summed E-state index contributed by atoms with van der Waals surface area (Å²) in [5.41, 5.74) is 1.24. The van der Waals surface area contributed by atoms with Gasteiger partial charge < -0.3 is 0 Å². The lowest BCUT2D eigenvalue weighted by molar-refractivity contribution is 0.112. The van der Waals surface area contributed by atoms with E-state index in [0.717, 1.165) is 17.1 Å². The lowest BCUT2D eigenvalue weighted by Gasteiger charge is -1.98. The minimum atomic E-state index is 0.612. The topological polar surface area (TPSA) is 40.9 Å². The summed E-state index contributed by atoms with van der Waals surface area (Å²) in [7, 11) is 0. The largest absolute Gasteiger partial charge is 0.298 e. The number of nitrogens with zero attached hydrogens (tertiary/aromatic N) is 1. The summed E-state index contributed by atoms with van der Waals surface area (Å²) in [6.07, 6.45) is 0.804. The van der Waals surface area contributed by atoms with Crippen LogP contribution in [0.25, 0.3) is 10.8 Å². The zero-order chi connectivity index (χ0) is 9.97. The van der Waals surface area contributed by atoms with Gasteiger partial charge in [0, 0.05) is 5.56 Å². The Morgan fingerprint density at radius 1 is 1.07 bits per heavy atom. The van der Waals surface area contributed by atoms with Crippen LogP contribution in [-0.4, -0.2) is 6.29 Å². The van der Waals surface area contributed by atoms with Crippen LogP contribution < -0.4 is 0 Å². The molecule has 14 heavy (non-hydrogen) atoms. The number of nitriles is 1. The molecule has 0 atom stereocenters. The minimum Gasteiger partial charge on any atom is -0.298 e. The number of aldehydes is 1. The van der Waals surface area contributed by atoms with Gasteiger partial charge in [0.1, 0.15) is 6.29 Å². The first-order valence-corrected chi connectivity index (χ1v) is 4.22. The maximum atomic E-state index is 10.5. The molecule has 0 saturated heterocycles. The smallest absolute Gasteiger partial charge is 0.150 e. The van der Waals surface area contributed by atoms with Crippen molar-refractivity contribution in [2.45, 2.75) is 0 Å². The van der Waals surface area contributed by atoms with Crippen molar-refractivity contribution in [3.05, 3.63) is 47.5 Å². The van der Waals surface area contributed by atoms with Gasteiger partial charge in [-0.3, -0.25) is 4.79 Å². The molecule has 0 fully saturated rings. The molecule has 0 aromatic heterocycles. The Labute approximate surface area is 81.4 Å². The van der Waals surface area contributed by atoms with Crippen molar-refractivity contribution in [3.63, 3.8) is 0 Å². The van der Waals surface area contributed by atoms with Crippen LogP contribution in [0.5, 0.6) is 0 Å². The predicted octanol–water partition coefficient (Wildman–Crippen LogP) is 2.52. The minimum absolute atomic E-state index is 0.612. The number of benzene rings is 2. The van der Waals surface area contributed by atoms with E-state index in [-0.39, 0.29) is 0 Å². The highest BCUT2D eigenvalue weighted by Gasteiger charge is 1.97. The van der Waals surface area contributed by atoms with E-state index in [0.29, 0.717) is 11.1 Å². The Balaban J connectivity index is 2.73. The normalized spacial score (nSPS) is 9.64. The van der Waals surface area contributed by atoms with E-state index in [1.165, 1.54) is 0 Å². The third-order valence-electron chi connectivity index (χ3n) is 2.13. The number of hydrogen-bond donors (Lipinski definition) is 0. The van der Waals surface area contributed by atoms with E-state index in [9.17, 15) is 4.79 Å². The van der Waals surface area contributed by atoms with Gasteiger partial charge in [0.05, 0.1) is 11.6 Å². The highest BCUT2D eigenvalue weighted by molar-refractivity contribution is 5.89. The fourth-order valence-corrected chi connectivity index (χ4v) is 1.41.